The number of pyridine rings is 1. The SMILES string of the molecule is O=C(NCCC(c1ccc2c(c1)OCCO2)C1CC1)c1cccnc1. The molecular formula is C20H22N2O3. The van der Waals surface area contributed by atoms with Gasteiger partial charge in [0.15, 0.2) is 11.5 Å². The molecule has 25 heavy (non-hydrogen) atoms. The van der Waals surface area contributed by atoms with Crippen LogP contribution >= 0.6 is 0 Å². The van der Waals surface area contributed by atoms with Crippen LogP contribution in [-0.2, 0) is 0 Å². The van der Waals surface area contributed by atoms with Gasteiger partial charge in [-0.05, 0) is 60.9 Å². The largest absolute Gasteiger partial charge is 0.486 e. The second kappa shape index (κ2) is 7.13. The Labute approximate surface area is 147 Å². The summed E-state index contributed by atoms with van der Waals surface area (Å²) >= 11 is 0. The van der Waals surface area contributed by atoms with Crippen molar-refractivity contribution in [1.29, 1.82) is 0 Å². The van der Waals surface area contributed by atoms with Gasteiger partial charge in [0.25, 0.3) is 5.91 Å². The standard InChI is InChI=1S/C20H22N2O3/c23-20(16-2-1-8-21-13-16)22-9-7-17(14-3-4-14)15-5-6-18-19(12-15)25-11-10-24-18/h1-2,5-6,8,12-14,17H,3-4,7,9-11H2,(H,22,23). The van der Waals surface area contributed by atoms with E-state index in [0.717, 1.165) is 17.9 Å². The Morgan fingerprint density at radius 2 is 2.04 bits per heavy atom. The number of nitrogens with zero attached hydrogens (tertiary/aromatic N) is 1. The van der Waals surface area contributed by atoms with Gasteiger partial charge in [0.1, 0.15) is 13.2 Å². The number of hydrogen-bond donors (Lipinski definition) is 1. The van der Waals surface area contributed by atoms with Crippen molar-refractivity contribution in [3.63, 3.8) is 0 Å². The monoisotopic (exact) mass is 338 g/mol. The quantitative estimate of drug-likeness (QED) is 0.879. The van der Waals surface area contributed by atoms with Gasteiger partial charge in [0, 0.05) is 18.9 Å². The molecule has 1 unspecified atom stereocenters. The van der Waals surface area contributed by atoms with Crippen LogP contribution in [0.1, 0.15) is 41.1 Å². The summed E-state index contributed by atoms with van der Waals surface area (Å²) in [6.45, 7) is 1.87. The van der Waals surface area contributed by atoms with E-state index in [1.165, 1.54) is 18.4 Å². The summed E-state index contributed by atoms with van der Waals surface area (Å²) in [5.74, 6) is 2.76. The molecule has 5 nitrogen and oxygen atoms in total. The Bertz CT molecular complexity index is 744. The van der Waals surface area contributed by atoms with E-state index in [4.69, 9.17) is 9.47 Å². The van der Waals surface area contributed by atoms with Crippen LogP contribution < -0.4 is 14.8 Å². The van der Waals surface area contributed by atoms with Crippen molar-refractivity contribution >= 4 is 5.91 Å². The number of ether oxygens (including phenoxy) is 2. The normalized spacial score (nSPS) is 17.0. The zero-order chi connectivity index (χ0) is 17.1. The van der Waals surface area contributed by atoms with Crippen LogP contribution in [0.3, 0.4) is 0 Å². The first-order valence-electron chi connectivity index (χ1n) is 8.89. The first-order chi connectivity index (χ1) is 12.3. The molecule has 1 amide bonds. The van der Waals surface area contributed by atoms with Crippen LogP contribution in [-0.4, -0.2) is 30.6 Å². The highest BCUT2D eigenvalue weighted by molar-refractivity contribution is 5.93. The average Bonchev–Trinajstić information content (AvgIpc) is 3.50. The van der Waals surface area contributed by atoms with Gasteiger partial charge in [-0.2, -0.15) is 0 Å². The topological polar surface area (TPSA) is 60.5 Å². The number of carbonyl (C=O) groups excluding carboxylic acids is 1. The van der Waals surface area contributed by atoms with Crippen molar-refractivity contribution in [2.45, 2.75) is 25.2 Å². The van der Waals surface area contributed by atoms with Crippen LogP contribution in [0.25, 0.3) is 0 Å². The molecule has 1 atom stereocenters. The molecule has 1 aromatic carbocycles. The Morgan fingerprint density at radius 3 is 2.80 bits per heavy atom. The lowest BCUT2D eigenvalue weighted by Gasteiger charge is -2.22. The highest BCUT2D eigenvalue weighted by atomic mass is 16.6. The number of rotatable bonds is 6. The van der Waals surface area contributed by atoms with Crippen molar-refractivity contribution < 1.29 is 14.3 Å². The number of aromatic nitrogens is 1. The molecule has 1 N–H and O–H groups in total. The van der Waals surface area contributed by atoms with Crippen molar-refractivity contribution in [3.8, 4) is 11.5 Å². The lowest BCUT2D eigenvalue weighted by molar-refractivity contribution is 0.0951. The maximum Gasteiger partial charge on any atom is 0.252 e. The van der Waals surface area contributed by atoms with E-state index >= 15 is 0 Å². The highest BCUT2D eigenvalue weighted by Gasteiger charge is 2.32. The highest BCUT2D eigenvalue weighted by Crippen LogP contribution is 2.46. The zero-order valence-electron chi connectivity index (χ0n) is 14.1. The first-order valence-corrected chi connectivity index (χ1v) is 8.89. The minimum atomic E-state index is -0.0650. The molecule has 1 aliphatic carbocycles. The minimum Gasteiger partial charge on any atom is -0.486 e. The number of benzene rings is 1. The maximum absolute atomic E-state index is 12.2. The molecule has 130 valence electrons. The van der Waals surface area contributed by atoms with Gasteiger partial charge in [0.05, 0.1) is 5.56 Å². The number of amides is 1. The molecule has 0 radical (unpaired) electrons. The van der Waals surface area contributed by atoms with Crippen LogP contribution in [0.5, 0.6) is 11.5 Å². The summed E-state index contributed by atoms with van der Waals surface area (Å²) in [5, 5.41) is 3.01. The van der Waals surface area contributed by atoms with Gasteiger partial charge in [-0.15, -0.1) is 0 Å². The Kier molecular flexibility index (Phi) is 4.55. The molecule has 5 heteroatoms. The second-order valence-corrected chi connectivity index (χ2v) is 6.63. The third-order valence-corrected chi connectivity index (χ3v) is 4.85. The molecule has 1 aliphatic heterocycles. The van der Waals surface area contributed by atoms with Crippen LogP contribution in [0.15, 0.2) is 42.7 Å². The van der Waals surface area contributed by atoms with Crippen molar-refractivity contribution in [2.75, 3.05) is 19.8 Å². The van der Waals surface area contributed by atoms with Crippen molar-refractivity contribution in [1.82, 2.24) is 10.3 Å². The fraction of sp³-hybridized carbons (Fsp3) is 0.400. The summed E-state index contributed by atoms with van der Waals surface area (Å²) in [5.41, 5.74) is 1.88. The molecule has 0 bridgehead atoms. The van der Waals surface area contributed by atoms with Gasteiger partial charge in [-0.3, -0.25) is 9.78 Å². The molecule has 1 saturated carbocycles. The predicted molar refractivity (Wildman–Crippen MR) is 94.1 cm³/mol. The predicted octanol–water partition coefficient (Wildman–Crippen LogP) is 3.17. The average molecular weight is 338 g/mol. The molecule has 2 heterocycles. The molecular weight excluding hydrogens is 316 g/mol. The Balaban J connectivity index is 1.40. The number of nitrogens with one attached hydrogen (secondary N) is 1. The summed E-state index contributed by atoms with van der Waals surface area (Å²) in [6, 6.07) is 9.81. The summed E-state index contributed by atoms with van der Waals surface area (Å²) in [4.78, 5) is 16.1. The van der Waals surface area contributed by atoms with Gasteiger partial charge in [-0.25, -0.2) is 0 Å². The fourth-order valence-corrected chi connectivity index (χ4v) is 3.40. The molecule has 0 saturated heterocycles. The summed E-state index contributed by atoms with van der Waals surface area (Å²) in [6.07, 6.45) is 6.71. The van der Waals surface area contributed by atoms with E-state index in [9.17, 15) is 4.79 Å². The number of fused-ring (bicyclic) bond motifs is 1. The van der Waals surface area contributed by atoms with E-state index in [2.05, 4.69) is 22.4 Å². The molecule has 2 aliphatic rings. The van der Waals surface area contributed by atoms with E-state index in [-0.39, 0.29) is 5.91 Å². The smallest absolute Gasteiger partial charge is 0.252 e. The summed E-state index contributed by atoms with van der Waals surface area (Å²) < 4.78 is 11.3. The lowest BCUT2D eigenvalue weighted by atomic mass is 9.90. The van der Waals surface area contributed by atoms with Crippen LogP contribution in [0, 0.1) is 5.92 Å². The lowest BCUT2D eigenvalue weighted by Crippen LogP contribution is -2.26. The van der Waals surface area contributed by atoms with Gasteiger partial charge >= 0.3 is 0 Å². The molecule has 1 fully saturated rings. The Morgan fingerprint density at radius 1 is 1.20 bits per heavy atom. The maximum atomic E-state index is 12.2. The number of hydrogen-bond acceptors (Lipinski definition) is 4. The van der Waals surface area contributed by atoms with Gasteiger partial charge in [0.2, 0.25) is 0 Å². The molecule has 1 aromatic heterocycles. The third kappa shape index (κ3) is 3.76. The van der Waals surface area contributed by atoms with Crippen LogP contribution in [0.4, 0.5) is 0 Å². The van der Waals surface area contributed by atoms with Crippen molar-refractivity contribution in [2.24, 2.45) is 5.92 Å². The van der Waals surface area contributed by atoms with Gasteiger partial charge < -0.3 is 14.8 Å². The molecule has 4 rings (SSSR count). The van der Waals surface area contributed by atoms with E-state index in [1.54, 1.807) is 24.5 Å². The summed E-state index contributed by atoms with van der Waals surface area (Å²) in [7, 11) is 0. The van der Waals surface area contributed by atoms with Crippen LogP contribution in [0.2, 0.25) is 0 Å². The first kappa shape index (κ1) is 15.9. The van der Waals surface area contributed by atoms with Crippen molar-refractivity contribution in [3.05, 3.63) is 53.9 Å². The number of carbonyl (C=O) groups is 1. The fourth-order valence-electron chi connectivity index (χ4n) is 3.40. The molecule has 2 aromatic rings. The van der Waals surface area contributed by atoms with E-state index in [0.29, 0.717) is 37.2 Å². The van der Waals surface area contributed by atoms with E-state index in [1.807, 2.05) is 6.07 Å². The second-order valence-electron chi connectivity index (χ2n) is 6.63. The van der Waals surface area contributed by atoms with E-state index < -0.39 is 0 Å². The molecule has 0 spiro atoms. The minimum absolute atomic E-state index is 0.0650. The van der Waals surface area contributed by atoms with Gasteiger partial charge in [-0.1, -0.05) is 6.07 Å². The third-order valence-electron chi connectivity index (χ3n) is 4.85. The Hall–Kier alpha value is -2.56. The zero-order valence-corrected chi connectivity index (χ0v) is 14.1.